The maximum atomic E-state index is 14.1. The van der Waals surface area contributed by atoms with Crippen molar-refractivity contribution in [3.05, 3.63) is 29.2 Å². The number of alkyl halides is 2. The molecule has 0 aliphatic carbocycles. The number of hydrogen-bond donors (Lipinski definition) is 3. The molecule has 0 radical (unpaired) electrons. The van der Waals surface area contributed by atoms with E-state index in [1.807, 2.05) is 0 Å². The molecule has 0 aliphatic heterocycles. The van der Waals surface area contributed by atoms with Gasteiger partial charge in [-0.25, -0.2) is 4.39 Å². The van der Waals surface area contributed by atoms with Gasteiger partial charge in [-0.05, 0) is 18.1 Å². The summed E-state index contributed by atoms with van der Waals surface area (Å²) in [7, 11) is 2.78. The molecule has 24 heavy (non-hydrogen) atoms. The van der Waals surface area contributed by atoms with E-state index in [4.69, 9.17) is 4.74 Å². The van der Waals surface area contributed by atoms with E-state index in [1.165, 1.54) is 20.2 Å². The number of rotatable bonds is 6. The van der Waals surface area contributed by atoms with Crippen molar-refractivity contribution in [1.82, 2.24) is 15.6 Å². The van der Waals surface area contributed by atoms with Gasteiger partial charge in [-0.15, -0.1) is 0 Å². The molecule has 1 heterocycles. The number of carbonyl (C=O) groups is 2. The van der Waals surface area contributed by atoms with Crippen LogP contribution in [0.1, 0.15) is 16.1 Å². The maximum Gasteiger partial charge on any atom is 0.315 e. The Labute approximate surface area is 135 Å². The highest BCUT2D eigenvalue weighted by Crippen LogP contribution is 2.29. The van der Waals surface area contributed by atoms with Gasteiger partial charge >= 0.3 is 6.43 Å². The number of aromatic amines is 1. The molecule has 1 aromatic heterocycles. The van der Waals surface area contributed by atoms with Crippen molar-refractivity contribution in [1.29, 1.82) is 0 Å². The minimum Gasteiger partial charge on any atom is -0.497 e. The first kappa shape index (κ1) is 17.6. The normalized spacial score (nSPS) is 10.9. The molecular weight excluding hydrogens is 327 g/mol. The van der Waals surface area contributed by atoms with Crippen molar-refractivity contribution in [2.45, 2.75) is 12.8 Å². The van der Waals surface area contributed by atoms with Gasteiger partial charge in [0.1, 0.15) is 11.4 Å². The van der Waals surface area contributed by atoms with Crippen molar-refractivity contribution >= 4 is 22.7 Å². The molecule has 0 aliphatic rings. The summed E-state index contributed by atoms with van der Waals surface area (Å²) in [6, 6.07) is 2.69. The second-order valence-corrected chi connectivity index (χ2v) is 4.93. The molecule has 0 fully saturated rings. The first-order valence-electron chi connectivity index (χ1n) is 7.05. The van der Waals surface area contributed by atoms with Crippen LogP contribution in [0.2, 0.25) is 0 Å². The summed E-state index contributed by atoms with van der Waals surface area (Å²) in [4.78, 5) is 25.6. The Balaban J connectivity index is 2.41. The highest BCUT2D eigenvalue weighted by atomic mass is 19.3. The Morgan fingerprint density at radius 3 is 2.62 bits per heavy atom. The lowest BCUT2D eigenvalue weighted by Crippen LogP contribution is -2.31. The van der Waals surface area contributed by atoms with Gasteiger partial charge in [0.15, 0.2) is 5.82 Å². The van der Waals surface area contributed by atoms with Gasteiger partial charge in [0.2, 0.25) is 0 Å². The number of aromatic nitrogens is 1. The monoisotopic (exact) mass is 343 g/mol. The molecule has 0 unspecified atom stereocenters. The number of H-pyrrole nitrogens is 1. The largest absolute Gasteiger partial charge is 0.497 e. The summed E-state index contributed by atoms with van der Waals surface area (Å²) >= 11 is 0. The van der Waals surface area contributed by atoms with Crippen LogP contribution in [0.25, 0.3) is 10.9 Å². The van der Waals surface area contributed by atoms with Crippen LogP contribution in [-0.2, 0) is 11.2 Å². The summed E-state index contributed by atoms with van der Waals surface area (Å²) in [5.41, 5.74) is 0.604. The van der Waals surface area contributed by atoms with Crippen molar-refractivity contribution in [2.75, 3.05) is 20.7 Å². The average Bonchev–Trinajstić information content (AvgIpc) is 2.93. The number of hydrogen-bond acceptors (Lipinski definition) is 3. The quantitative estimate of drug-likeness (QED) is 0.745. The third-order valence-electron chi connectivity index (χ3n) is 3.50. The predicted molar refractivity (Wildman–Crippen MR) is 80.9 cm³/mol. The molecule has 130 valence electrons. The first-order valence-corrected chi connectivity index (χ1v) is 7.05. The lowest BCUT2D eigenvalue weighted by atomic mass is 10.1. The van der Waals surface area contributed by atoms with Crippen LogP contribution in [0.3, 0.4) is 0 Å². The van der Waals surface area contributed by atoms with Crippen LogP contribution in [0.4, 0.5) is 13.2 Å². The fourth-order valence-corrected chi connectivity index (χ4v) is 2.37. The van der Waals surface area contributed by atoms with Crippen LogP contribution >= 0.6 is 0 Å². The zero-order valence-corrected chi connectivity index (χ0v) is 13.0. The van der Waals surface area contributed by atoms with E-state index in [-0.39, 0.29) is 29.9 Å². The Hall–Kier alpha value is -2.71. The number of methoxy groups -OCH3 is 1. The van der Waals surface area contributed by atoms with E-state index in [1.54, 1.807) is 0 Å². The van der Waals surface area contributed by atoms with E-state index < -0.39 is 24.1 Å². The van der Waals surface area contributed by atoms with Gasteiger partial charge in [-0.2, -0.15) is 8.78 Å². The number of carbonyl (C=O) groups excluding carboxylic acids is 2. The first-order chi connectivity index (χ1) is 11.4. The Kier molecular flexibility index (Phi) is 5.32. The van der Waals surface area contributed by atoms with Gasteiger partial charge < -0.3 is 20.4 Å². The molecule has 0 saturated heterocycles. The van der Waals surface area contributed by atoms with E-state index in [9.17, 15) is 22.8 Å². The van der Waals surface area contributed by atoms with E-state index in [0.717, 1.165) is 6.07 Å². The van der Waals surface area contributed by atoms with Crippen LogP contribution in [0, 0.1) is 5.82 Å². The summed E-state index contributed by atoms with van der Waals surface area (Å²) in [5, 5.41) is 4.86. The van der Waals surface area contributed by atoms with Crippen LogP contribution < -0.4 is 15.4 Å². The van der Waals surface area contributed by atoms with Crippen molar-refractivity contribution in [3.8, 4) is 5.75 Å². The summed E-state index contributed by atoms with van der Waals surface area (Å²) in [5.74, 6) is -2.25. The van der Waals surface area contributed by atoms with E-state index in [2.05, 4.69) is 15.6 Å². The summed E-state index contributed by atoms with van der Waals surface area (Å²) in [6.45, 7) is -0.126. The second-order valence-electron chi connectivity index (χ2n) is 4.93. The number of fused-ring (bicyclic) bond motifs is 1. The smallest absolute Gasteiger partial charge is 0.315 e. The molecule has 1 aromatic carbocycles. The molecule has 2 aromatic rings. The molecule has 9 heteroatoms. The van der Waals surface area contributed by atoms with Crippen molar-refractivity contribution < 1.29 is 27.5 Å². The lowest BCUT2D eigenvalue weighted by molar-refractivity contribution is -0.131. The van der Waals surface area contributed by atoms with Crippen molar-refractivity contribution in [3.63, 3.8) is 0 Å². The van der Waals surface area contributed by atoms with Crippen LogP contribution in [0.15, 0.2) is 12.1 Å². The minimum atomic E-state index is -3.12. The van der Waals surface area contributed by atoms with Gasteiger partial charge in [0.25, 0.3) is 11.8 Å². The minimum absolute atomic E-state index is 0.0633. The SMILES string of the molecule is CNC(=O)c1[nH]c2c(F)cc(OC)cc2c1CCNC(=O)C(F)F. The fraction of sp³-hybridized carbons (Fsp3) is 0.333. The second kappa shape index (κ2) is 7.24. The zero-order chi connectivity index (χ0) is 17.9. The average molecular weight is 343 g/mol. The van der Waals surface area contributed by atoms with E-state index >= 15 is 0 Å². The number of halogens is 3. The van der Waals surface area contributed by atoms with Crippen LogP contribution in [-0.4, -0.2) is 43.9 Å². The number of nitrogens with one attached hydrogen (secondary N) is 3. The molecule has 0 bridgehead atoms. The van der Waals surface area contributed by atoms with Gasteiger partial charge in [-0.1, -0.05) is 0 Å². The Bertz CT molecular complexity index is 774. The number of ether oxygens (including phenoxy) is 1. The molecule has 3 N–H and O–H groups in total. The van der Waals surface area contributed by atoms with Gasteiger partial charge in [0.05, 0.1) is 12.6 Å². The number of amides is 2. The molecule has 2 amide bonds. The fourth-order valence-electron chi connectivity index (χ4n) is 2.37. The lowest BCUT2D eigenvalue weighted by Gasteiger charge is -2.07. The Morgan fingerprint density at radius 1 is 1.33 bits per heavy atom. The standard InChI is InChI=1S/C15H16F3N3O3/c1-19-14(22)12-8(3-4-20-15(23)13(17)18)9-5-7(24-2)6-10(16)11(9)21-12/h5-6,13,21H,3-4H2,1-2H3,(H,19,22)(H,20,23). The number of benzene rings is 1. The summed E-state index contributed by atoms with van der Waals surface area (Å²) < 4.78 is 43.6. The maximum absolute atomic E-state index is 14.1. The molecule has 0 spiro atoms. The third-order valence-corrected chi connectivity index (χ3v) is 3.50. The molecule has 2 rings (SSSR count). The van der Waals surface area contributed by atoms with Gasteiger partial charge in [0, 0.05) is 25.0 Å². The zero-order valence-electron chi connectivity index (χ0n) is 13.0. The van der Waals surface area contributed by atoms with Crippen molar-refractivity contribution in [2.24, 2.45) is 0 Å². The van der Waals surface area contributed by atoms with Gasteiger partial charge in [-0.3, -0.25) is 9.59 Å². The Morgan fingerprint density at radius 2 is 2.04 bits per heavy atom. The highest BCUT2D eigenvalue weighted by Gasteiger charge is 2.21. The molecular formula is C15H16F3N3O3. The predicted octanol–water partition coefficient (Wildman–Crippen LogP) is 1.60. The third kappa shape index (κ3) is 3.44. The highest BCUT2D eigenvalue weighted by molar-refractivity contribution is 6.01. The molecule has 0 saturated carbocycles. The topological polar surface area (TPSA) is 83.2 Å². The molecule has 6 nitrogen and oxygen atoms in total. The molecule has 0 atom stereocenters. The van der Waals surface area contributed by atoms with E-state index in [0.29, 0.717) is 10.9 Å². The summed E-state index contributed by atoms with van der Waals surface area (Å²) in [6.07, 6.45) is -3.06. The van der Waals surface area contributed by atoms with Crippen LogP contribution in [0.5, 0.6) is 5.75 Å².